The van der Waals surface area contributed by atoms with Gasteiger partial charge in [0.15, 0.2) is 0 Å². The van der Waals surface area contributed by atoms with Gasteiger partial charge in [0.1, 0.15) is 0 Å². The molecule has 0 aliphatic heterocycles. The maximum absolute atomic E-state index is 5.51. The molecule has 0 radical (unpaired) electrons. The third kappa shape index (κ3) is 1.01. The fraction of sp³-hybridized carbons (Fsp3) is 1.00. The van der Waals surface area contributed by atoms with E-state index >= 15 is 0 Å². The van der Waals surface area contributed by atoms with Crippen LogP contribution in [0.5, 0.6) is 0 Å². The van der Waals surface area contributed by atoms with Crippen molar-refractivity contribution < 1.29 is 0 Å². The Kier molecular flexibility index (Phi) is 1.54. The first-order chi connectivity index (χ1) is 3.83. The van der Waals surface area contributed by atoms with Crippen LogP contribution < -0.4 is 11.1 Å². The number of hydrogen-bond donors (Lipinski definition) is 2. The molecule has 0 unspecified atom stereocenters. The van der Waals surface area contributed by atoms with Gasteiger partial charge in [0.05, 0.1) is 0 Å². The standard InChI is InChI=1S/C6H14N2/c1-8-5-6(4-7)2-3-6/h8H,2-5,7H2,1H3. The Morgan fingerprint density at radius 3 is 2.38 bits per heavy atom. The van der Waals surface area contributed by atoms with Crippen LogP contribution in [0.1, 0.15) is 12.8 Å². The van der Waals surface area contributed by atoms with E-state index in [0.29, 0.717) is 5.41 Å². The van der Waals surface area contributed by atoms with Crippen LogP contribution >= 0.6 is 0 Å². The second-order valence-electron chi connectivity index (χ2n) is 2.73. The quantitative estimate of drug-likeness (QED) is 0.539. The third-order valence-electron chi connectivity index (χ3n) is 1.94. The molecule has 0 aromatic rings. The van der Waals surface area contributed by atoms with E-state index in [-0.39, 0.29) is 0 Å². The van der Waals surface area contributed by atoms with E-state index in [0.717, 1.165) is 13.1 Å². The maximum atomic E-state index is 5.51. The summed E-state index contributed by atoms with van der Waals surface area (Å²) >= 11 is 0. The van der Waals surface area contributed by atoms with Crippen molar-refractivity contribution in [3.63, 3.8) is 0 Å². The molecule has 3 N–H and O–H groups in total. The number of nitrogens with two attached hydrogens (primary N) is 1. The van der Waals surface area contributed by atoms with E-state index in [4.69, 9.17) is 5.73 Å². The highest BCUT2D eigenvalue weighted by Crippen LogP contribution is 2.43. The summed E-state index contributed by atoms with van der Waals surface area (Å²) < 4.78 is 0. The SMILES string of the molecule is CNCC1(CN)CC1. The molecule has 2 nitrogen and oxygen atoms in total. The van der Waals surface area contributed by atoms with Crippen LogP contribution in [-0.2, 0) is 0 Å². The highest BCUT2D eigenvalue weighted by atomic mass is 14.9. The van der Waals surface area contributed by atoms with E-state index in [1.807, 2.05) is 7.05 Å². The Balaban J connectivity index is 2.20. The molecule has 0 aromatic carbocycles. The predicted octanol–water partition coefficient (Wildman–Crippen LogP) is -0.0553. The number of hydrogen-bond acceptors (Lipinski definition) is 2. The topological polar surface area (TPSA) is 38.0 Å². The second-order valence-corrected chi connectivity index (χ2v) is 2.73. The zero-order chi connectivity index (χ0) is 6.04. The van der Waals surface area contributed by atoms with Crippen LogP contribution in [0.2, 0.25) is 0 Å². The average molecular weight is 114 g/mol. The first-order valence-corrected chi connectivity index (χ1v) is 3.18. The Hall–Kier alpha value is -0.0800. The van der Waals surface area contributed by atoms with Gasteiger partial charge < -0.3 is 11.1 Å². The summed E-state index contributed by atoms with van der Waals surface area (Å²) in [6.45, 7) is 1.96. The van der Waals surface area contributed by atoms with E-state index < -0.39 is 0 Å². The van der Waals surface area contributed by atoms with Gasteiger partial charge in [0.25, 0.3) is 0 Å². The van der Waals surface area contributed by atoms with Gasteiger partial charge in [-0.3, -0.25) is 0 Å². The molecule has 0 atom stereocenters. The maximum Gasteiger partial charge on any atom is 0.00169 e. The predicted molar refractivity (Wildman–Crippen MR) is 34.6 cm³/mol. The Morgan fingerprint density at radius 1 is 1.62 bits per heavy atom. The molecule has 0 bridgehead atoms. The average Bonchev–Trinajstić information content (AvgIpc) is 2.50. The van der Waals surface area contributed by atoms with Gasteiger partial charge in [-0.2, -0.15) is 0 Å². The smallest absolute Gasteiger partial charge is 0.00169 e. The van der Waals surface area contributed by atoms with E-state index in [2.05, 4.69) is 5.32 Å². The molecule has 8 heavy (non-hydrogen) atoms. The highest BCUT2D eigenvalue weighted by molar-refractivity contribution is 4.95. The summed E-state index contributed by atoms with van der Waals surface area (Å²) in [5, 5.41) is 3.14. The van der Waals surface area contributed by atoms with Gasteiger partial charge in [0.2, 0.25) is 0 Å². The van der Waals surface area contributed by atoms with Gasteiger partial charge in [0, 0.05) is 6.54 Å². The molecule has 1 rings (SSSR count). The summed E-state index contributed by atoms with van der Waals surface area (Å²) in [6.07, 6.45) is 2.65. The van der Waals surface area contributed by atoms with Crippen LogP contribution in [0.15, 0.2) is 0 Å². The van der Waals surface area contributed by atoms with Gasteiger partial charge in [-0.1, -0.05) is 0 Å². The molecule has 1 fully saturated rings. The summed E-state index contributed by atoms with van der Waals surface area (Å²) in [7, 11) is 1.98. The lowest BCUT2D eigenvalue weighted by molar-refractivity contribution is 0.493. The van der Waals surface area contributed by atoms with Gasteiger partial charge in [-0.15, -0.1) is 0 Å². The molecule has 2 heteroatoms. The summed E-state index contributed by atoms with van der Waals surface area (Å²) in [5.41, 5.74) is 6.02. The van der Waals surface area contributed by atoms with Gasteiger partial charge >= 0.3 is 0 Å². The van der Waals surface area contributed by atoms with Crippen LogP contribution in [0.3, 0.4) is 0 Å². The molecule has 1 saturated carbocycles. The van der Waals surface area contributed by atoms with Crippen molar-refractivity contribution in [1.82, 2.24) is 5.32 Å². The fourth-order valence-corrected chi connectivity index (χ4v) is 1.00. The van der Waals surface area contributed by atoms with Crippen molar-refractivity contribution in [2.45, 2.75) is 12.8 Å². The first kappa shape index (κ1) is 6.05. The van der Waals surface area contributed by atoms with E-state index in [1.165, 1.54) is 12.8 Å². The lowest BCUT2D eigenvalue weighted by Gasteiger charge is -2.09. The monoisotopic (exact) mass is 114 g/mol. The molecule has 1 aliphatic carbocycles. The molecular formula is C6H14N2. The van der Waals surface area contributed by atoms with Crippen LogP contribution in [0, 0.1) is 5.41 Å². The number of rotatable bonds is 3. The minimum Gasteiger partial charge on any atom is -0.330 e. The molecule has 0 spiro atoms. The van der Waals surface area contributed by atoms with Crippen molar-refractivity contribution in [2.75, 3.05) is 20.1 Å². The van der Waals surface area contributed by atoms with Crippen molar-refractivity contribution in [3.8, 4) is 0 Å². The second kappa shape index (κ2) is 2.03. The Bertz CT molecular complexity index is 76.6. The lowest BCUT2D eigenvalue weighted by atomic mass is 10.1. The fourth-order valence-electron chi connectivity index (χ4n) is 1.00. The van der Waals surface area contributed by atoms with Crippen molar-refractivity contribution in [3.05, 3.63) is 0 Å². The van der Waals surface area contributed by atoms with Gasteiger partial charge in [-0.25, -0.2) is 0 Å². The molecule has 0 heterocycles. The first-order valence-electron chi connectivity index (χ1n) is 3.18. The van der Waals surface area contributed by atoms with Gasteiger partial charge in [-0.05, 0) is 31.8 Å². The normalized spacial score (nSPS) is 23.2. The summed E-state index contributed by atoms with van der Waals surface area (Å²) in [6, 6.07) is 0. The zero-order valence-electron chi connectivity index (χ0n) is 5.41. The lowest BCUT2D eigenvalue weighted by Crippen LogP contribution is -2.26. The van der Waals surface area contributed by atoms with Crippen molar-refractivity contribution >= 4 is 0 Å². The van der Waals surface area contributed by atoms with Crippen LogP contribution in [0.4, 0.5) is 0 Å². The van der Waals surface area contributed by atoms with Crippen LogP contribution in [0.25, 0.3) is 0 Å². The molecular weight excluding hydrogens is 100 g/mol. The molecule has 0 amide bonds. The summed E-state index contributed by atoms with van der Waals surface area (Å²) in [4.78, 5) is 0. The zero-order valence-corrected chi connectivity index (χ0v) is 5.41. The number of nitrogens with one attached hydrogen (secondary N) is 1. The van der Waals surface area contributed by atoms with E-state index in [1.54, 1.807) is 0 Å². The Labute approximate surface area is 50.4 Å². The van der Waals surface area contributed by atoms with E-state index in [9.17, 15) is 0 Å². The van der Waals surface area contributed by atoms with Crippen molar-refractivity contribution in [2.24, 2.45) is 11.1 Å². The third-order valence-corrected chi connectivity index (χ3v) is 1.94. The molecule has 48 valence electrons. The Morgan fingerprint density at radius 2 is 2.25 bits per heavy atom. The molecule has 0 saturated heterocycles. The largest absolute Gasteiger partial charge is 0.330 e. The minimum atomic E-state index is 0.509. The minimum absolute atomic E-state index is 0.509. The summed E-state index contributed by atoms with van der Waals surface area (Å²) in [5.74, 6) is 0. The molecule has 1 aliphatic rings. The highest BCUT2D eigenvalue weighted by Gasteiger charge is 2.39. The molecule has 0 aromatic heterocycles. The van der Waals surface area contributed by atoms with Crippen molar-refractivity contribution in [1.29, 1.82) is 0 Å². The van der Waals surface area contributed by atoms with Crippen LogP contribution in [-0.4, -0.2) is 20.1 Å².